The van der Waals surface area contributed by atoms with Crippen molar-refractivity contribution in [3.8, 4) is 50.9 Å². The number of aromatic nitrogens is 3. The molecule has 4 aromatic rings. The number of hydrogen-bond acceptors (Lipinski definition) is 6. The summed E-state index contributed by atoms with van der Waals surface area (Å²) in [4.78, 5) is 4.25. The average molecular weight is 472 g/mol. The van der Waals surface area contributed by atoms with E-state index in [9.17, 15) is 9.50 Å². The van der Waals surface area contributed by atoms with E-state index in [0.29, 0.717) is 28.2 Å². The molecule has 0 amide bonds. The van der Waals surface area contributed by atoms with Crippen LogP contribution in [-0.2, 0) is 0 Å². The molecule has 4 rings (SSSR count). The normalized spacial score (nSPS) is 10.8. The smallest absolute Gasteiger partial charge is 0.161 e. The third kappa shape index (κ3) is 4.04. The molecule has 0 spiro atoms. The second-order valence-corrected chi connectivity index (χ2v) is 7.46. The van der Waals surface area contributed by atoms with Gasteiger partial charge >= 0.3 is 0 Å². The molecule has 0 saturated carbocycles. The Balaban J connectivity index is 2.14. The summed E-state index contributed by atoms with van der Waals surface area (Å²) < 4.78 is 25.6. The quantitative estimate of drug-likeness (QED) is 0.382. The molecule has 6 nitrogen and oxygen atoms in total. The van der Waals surface area contributed by atoms with Gasteiger partial charge in [-0.2, -0.15) is 0 Å². The van der Waals surface area contributed by atoms with Crippen molar-refractivity contribution in [2.24, 2.45) is 0 Å². The summed E-state index contributed by atoms with van der Waals surface area (Å²) >= 11 is 12.9. The monoisotopic (exact) mass is 471 g/mol. The maximum absolute atomic E-state index is 14.8. The number of methoxy groups -OCH3 is 2. The Morgan fingerprint density at radius 3 is 2.19 bits per heavy atom. The topological polar surface area (TPSA) is 77.4 Å². The lowest BCUT2D eigenvalue weighted by Crippen LogP contribution is -2.01. The largest absolute Gasteiger partial charge is 0.506 e. The van der Waals surface area contributed by atoms with Gasteiger partial charge in [-0.05, 0) is 29.8 Å². The SMILES string of the molecule is COc1cc(OC)cc(-c2c(-c3ccccc3F)nnc(Cl)c2-c2ncc(O)cc2Cl)c1. The predicted octanol–water partition coefficient (Wildman–Crippen LogP) is 6.04. The average Bonchev–Trinajstić information content (AvgIpc) is 2.79. The number of halogens is 3. The van der Waals surface area contributed by atoms with Crippen LogP contribution >= 0.6 is 23.2 Å². The van der Waals surface area contributed by atoms with Crippen LogP contribution < -0.4 is 9.47 Å². The third-order valence-corrected chi connectivity index (χ3v) is 5.32. The highest BCUT2D eigenvalue weighted by Gasteiger charge is 2.25. The number of ether oxygens (including phenoxy) is 2. The van der Waals surface area contributed by atoms with Gasteiger partial charge in [0.05, 0.1) is 36.7 Å². The van der Waals surface area contributed by atoms with Crippen molar-refractivity contribution in [3.05, 3.63) is 70.7 Å². The Bertz CT molecular complexity index is 1300. The zero-order valence-electron chi connectivity index (χ0n) is 16.9. The highest BCUT2D eigenvalue weighted by molar-refractivity contribution is 6.36. The summed E-state index contributed by atoms with van der Waals surface area (Å²) in [5.74, 6) is 0.400. The fraction of sp³-hybridized carbons (Fsp3) is 0.0870. The summed E-state index contributed by atoms with van der Waals surface area (Å²) in [6, 6.07) is 12.7. The Morgan fingerprint density at radius 1 is 0.875 bits per heavy atom. The number of aromatic hydroxyl groups is 1. The zero-order chi connectivity index (χ0) is 22.8. The molecule has 0 bridgehead atoms. The predicted molar refractivity (Wildman–Crippen MR) is 121 cm³/mol. The Kier molecular flexibility index (Phi) is 6.12. The molecule has 2 aromatic carbocycles. The summed E-state index contributed by atoms with van der Waals surface area (Å²) in [5.41, 5.74) is 2.00. The van der Waals surface area contributed by atoms with Gasteiger partial charge in [-0.3, -0.25) is 4.98 Å². The van der Waals surface area contributed by atoms with E-state index in [-0.39, 0.29) is 32.9 Å². The van der Waals surface area contributed by atoms with Gasteiger partial charge in [0.25, 0.3) is 0 Å². The standard InChI is InChI=1S/C23H16Cl2FN3O3/c1-31-14-7-12(8-15(10-14)32-2)19-20(22-17(24)9-13(30)11-27-22)23(25)29-28-21(19)16-5-3-4-6-18(16)26/h3-11,30H,1-2H3. The van der Waals surface area contributed by atoms with Crippen LogP contribution in [0.3, 0.4) is 0 Å². The highest BCUT2D eigenvalue weighted by atomic mass is 35.5. The molecule has 2 aromatic heterocycles. The first kappa shape index (κ1) is 21.8. The van der Waals surface area contributed by atoms with Crippen LogP contribution in [0, 0.1) is 5.82 Å². The molecule has 9 heteroatoms. The molecule has 0 atom stereocenters. The van der Waals surface area contributed by atoms with Crippen LogP contribution in [0.2, 0.25) is 10.2 Å². The van der Waals surface area contributed by atoms with Crippen molar-refractivity contribution in [1.29, 1.82) is 0 Å². The molecule has 2 heterocycles. The van der Waals surface area contributed by atoms with Crippen LogP contribution in [0.25, 0.3) is 33.6 Å². The molecular weight excluding hydrogens is 456 g/mol. The molecule has 0 fully saturated rings. The number of benzene rings is 2. The first-order chi connectivity index (χ1) is 15.4. The molecule has 0 saturated heterocycles. The first-order valence-electron chi connectivity index (χ1n) is 9.32. The lowest BCUT2D eigenvalue weighted by atomic mass is 9.93. The summed E-state index contributed by atoms with van der Waals surface area (Å²) in [6.07, 6.45) is 1.23. The van der Waals surface area contributed by atoms with Crippen LogP contribution in [0.5, 0.6) is 17.2 Å². The van der Waals surface area contributed by atoms with Crippen molar-refractivity contribution in [1.82, 2.24) is 15.2 Å². The van der Waals surface area contributed by atoms with Crippen molar-refractivity contribution in [3.63, 3.8) is 0 Å². The van der Waals surface area contributed by atoms with E-state index >= 15 is 0 Å². The number of pyridine rings is 1. The fourth-order valence-corrected chi connectivity index (χ4v) is 3.79. The van der Waals surface area contributed by atoms with Crippen LogP contribution in [0.15, 0.2) is 54.7 Å². The first-order valence-corrected chi connectivity index (χ1v) is 10.1. The van der Waals surface area contributed by atoms with Crippen LogP contribution in [0.4, 0.5) is 4.39 Å². The van der Waals surface area contributed by atoms with Crippen molar-refractivity contribution < 1.29 is 19.0 Å². The second kappa shape index (κ2) is 8.98. The Morgan fingerprint density at radius 2 is 1.56 bits per heavy atom. The van der Waals surface area contributed by atoms with Gasteiger partial charge in [0.2, 0.25) is 0 Å². The molecule has 32 heavy (non-hydrogen) atoms. The van der Waals surface area contributed by atoms with Crippen LogP contribution in [0.1, 0.15) is 0 Å². The van der Waals surface area contributed by atoms with Gasteiger partial charge in [0, 0.05) is 23.3 Å². The minimum Gasteiger partial charge on any atom is -0.506 e. The minimum atomic E-state index is -0.490. The van der Waals surface area contributed by atoms with Crippen LogP contribution in [-0.4, -0.2) is 34.5 Å². The lowest BCUT2D eigenvalue weighted by molar-refractivity contribution is 0.394. The van der Waals surface area contributed by atoms with Gasteiger partial charge in [0.15, 0.2) is 5.15 Å². The third-order valence-electron chi connectivity index (χ3n) is 4.76. The summed E-state index contributed by atoms with van der Waals surface area (Å²) in [6.45, 7) is 0. The van der Waals surface area contributed by atoms with E-state index in [1.54, 1.807) is 36.4 Å². The van der Waals surface area contributed by atoms with E-state index in [1.807, 2.05) is 0 Å². The summed E-state index contributed by atoms with van der Waals surface area (Å²) in [7, 11) is 3.04. The molecular formula is C23H16Cl2FN3O3. The van der Waals surface area contributed by atoms with E-state index in [4.69, 9.17) is 32.7 Å². The maximum atomic E-state index is 14.8. The fourth-order valence-electron chi connectivity index (χ4n) is 3.32. The summed E-state index contributed by atoms with van der Waals surface area (Å²) in [5, 5.41) is 18.1. The molecule has 0 unspecified atom stereocenters. The molecule has 0 aliphatic heterocycles. The van der Waals surface area contributed by atoms with E-state index in [1.165, 1.54) is 32.5 Å². The minimum absolute atomic E-state index is 0.00182. The van der Waals surface area contributed by atoms with E-state index in [0.717, 1.165) is 0 Å². The Hall–Kier alpha value is -3.42. The van der Waals surface area contributed by atoms with Gasteiger partial charge in [-0.1, -0.05) is 35.3 Å². The van der Waals surface area contributed by atoms with Gasteiger partial charge in [-0.15, -0.1) is 10.2 Å². The Labute approximate surface area is 193 Å². The highest BCUT2D eigenvalue weighted by Crippen LogP contribution is 2.45. The van der Waals surface area contributed by atoms with E-state index < -0.39 is 5.82 Å². The second-order valence-electron chi connectivity index (χ2n) is 6.69. The number of hydrogen-bond donors (Lipinski definition) is 1. The lowest BCUT2D eigenvalue weighted by Gasteiger charge is -2.17. The molecule has 0 aliphatic rings. The van der Waals surface area contributed by atoms with Gasteiger partial charge in [0.1, 0.15) is 28.8 Å². The molecule has 0 aliphatic carbocycles. The molecule has 162 valence electrons. The maximum Gasteiger partial charge on any atom is 0.161 e. The van der Waals surface area contributed by atoms with Gasteiger partial charge < -0.3 is 14.6 Å². The van der Waals surface area contributed by atoms with Crippen molar-refractivity contribution in [2.45, 2.75) is 0 Å². The van der Waals surface area contributed by atoms with E-state index in [2.05, 4.69) is 15.2 Å². The van der Waals surface area contributed by atoms with Gasteiger partial charge in [-0.25, -0.2) is 4.39 Å². The zero-order valence-corrected chi connectivity index (χ0v) is 18.4. The van der Waals surface area contributed by atoms with Crippen molar-refractivity contribution >= 4 is 23.2 Å². The van der Waals surface area contributed by atoms with Crippen molar-refractivity contribution in [2.75, 3.05) is 14.2 Å². The number of rotatable bonds is 5. The molecule has 0 radical (unpaired) electrons. The molecule has 1 N–H and O–H groups in total. The number of nitrogens with zero attached hydrogens (tertiary/aromatic N) is 3.